The highest BCUT2D eigenvalue weighted by Crippen LogP contribution is 2.38. The summed E-state index contributed by atoms with van der Waals surface area (Å²) < 4.78 is 7.97. The summed E-state index contributed by atoms with van der Waals surface area (Å²) in [6.07, 6.45) is 14.2. The van der Waals surface area contributed by atoms with E-state index in [-0.39, 0.29) is 5.60 Å². The molecule has 2 aromatic rings. The maximum Gasteiger partial charge on any atom is 0.157 e. The van der Waals surface area contributed by atoms with Gasteiger partial charge in [0.1, 0.15) is 0 Å². The smallest absolute Gasteiger partial charge is 0.157 e. The molecule has 1 aliphatic carbocycles. The van der Waals surface area contributed by atoms with Gasteiger partial charge in [0, 0.05) is 43.3 Å². The van der Waals surface area contributed by atoms with Gasteiger partial charge in [0.2, 0.25) is 0 Å². The highest BCUT2D eigenvalue weighted by atomic mass is 16.5. The van der Waals surface area contributed by atoms with Crippen LogP contribution in [0.2, 0.25) is 0 Å². The standard InChI is InChI=1S/C19H26N4O/c1-2-14-24-19(8-1)9-6-17(7-10-19)21-15-16-5-3-11-20-18(16)23-13-4-12-22-23/h3-5,11-13,17,21H,1-2,6-10,14-15H2. The predicted molar refractivity (Wildman–Crippen MR) is 93.0 cm³/mol. The largest absolute Gasteiger partial charge is 0.375 e. The molecule has 2 aromatic heterocycles. The van der Waals surface area contributed by atoms with Crippen molar-refractivity contribution in [3.8, 4) is 5.82 Å². The van der Waals surface area contributed by atoms with Gasteiger partial charge in [0.05, 0.1) is 5.60 Å². The summed E-state index contributed by atoms with van der Waals surface area (Å²) in [4.78, 5) is 4.49. The zero-order valence-electron chi connectivity index (χ0n) is 14.2. The average Bonchev–Trinajstić information content (AvgIpc) is 3.17. The number of nitrogens with one attached hydrogen (secondary N) is 1. The zero-order valence-corrected chi connectivity index (χ0v) is 14.2. The molecule has 128 valence electrons. The van der Waals surface area contributed by atoms with Crippen molar-refractivity contribution in [1.82, 2.24) is 20.1 Å². The molecule has 1 N–H and O–H groups in total. The van der Waals surface area contributed by atoms with E-state index in [1.165, 1.54) is 50.5 Å². The number of hydrogen-bond acceptors (Lipinski definition) is 4. The number of ether oxygens (including phenoxy) is 1. The van der Waals surface area contributed by atoms with Gasteiger partial charge in [0.15, 0.2) is 5.82 Å². The quantitative estimate of drug-likeness (QED) is 0.937. The minimum atomic E-state index is 0.199. The summed E-state index contributed by atoms with van der Waals surface area (Å²) >= 11 is 0. The summed E-state index contributed by atoms with van der Waals surface area (Å²) in [5.41, 5.74) is 1.39. The SMILES string of the molecule is c1cnc(-n2cccn2)c(CNC2CCC3(CCCCO3)CC2)c1. The van der Waals surface area contributed by atoms with E-state index in [4.69, 9.17) is 4.74 Å². The van der Waals surface area contributed by atoms with Gasteiger partial charge in [-0.05, 0) is 57.1 Å². The lowest BCUT2D eigenvalue weighted by Gasteiger charge is -2.43. The van der Waals surface area contributed by atoms with Crippen molar-refractivity contribution < 1.29 is 4.74 Å². The summed E-state index contributed by atoms with van der Waals surface area (Å²) in [7, 11) is 0. The van der Waals surface area contributed by atoms with Crippen LogP contribution in [0, 0.1) is 0 Å². The molecule has 0 amide bonds. The van der Waals surface area contributed by atoms with Crippen LogP contribution in [0.25, 0.3) is 5.82 Å². The molecule has 0 bridgehead atoms. The monoisotopic (exact) mass is 326 g/mol. The van der Waals surface area contributed by atoms with Crippen molar-refractivity contribution in [3.63, 3.8) is 0 Å². The minimum Gasteiger partial charge on any atom is -0.375 e. The summed E-state index contributed by atoms with van der Waals surface area (Å²) in [6, 6.07) is 6.63. The van der Waals surface area contributed by atoms with Crippen molar-refractivity contribution >= 4 is 0 Å². The molecule has 5 nitrogen and oxygen atoms in total. The van der Waals surface area contributed by atoms with E-state index in [1.807, 2.05) is 29.2 Å². The van der Waals surface area contributed by atoms with E-state index < -0.39 is 0 Å². The lowest BCUT2D eigenvalue weighted by Crippen LogP contribution is -2.44. The molecule has 2 aliphatic rings. The van der Waals surface area contributed by atoms with Gasteiger partial charge in [-0.15, -0.1) is 0 Å². The predicted octanol–water partition coefficient (Wildman–Crippen LogP) is 3.24. The van der Waals surface area contributed by atoms with Gasteiger partial charge >= 0.3 is 0 Å². The van der Waals surface area contributed by atoms with Crippen LogP contribution in [0.15, 0.2) is 36.8 Å². The van der Waals surface area contributed by atoms with Gasteiger partial charge in [-0.1, -0.05) is 6.07 Å². The first kappa shape index (κ1) is 15.8. The fraction of sp³-hybridized carbons (Fsp3) is 0.579. The summed E-state index contributed by atoms with van der Waals surface area (Å²) in [5.74, 6) is 0.915. The van der Waals surface area contributed by atoms with Crippen LogP contribution in [0.4, 0.5) is 0 Å². The Labute approximate surface area is 143 Å². The van der Waals surface area contributed by atoms with Gasteiger partial charge in [0.25, 0.3) is 0 Å². The van der Waals surface area contributed by atoms with Crippen molar-refractivity contribution in [2.24, 2.45) is 0 Å². The van der Waals surface area contributed by atoms with E-state index in [2.05, 4.69) is 21.5 Å². The molecule has 0 aromatic carbocycles. The summed E-state index contributed by atoms with van der Waals surface area (Å²) in [5, 5.41) is 8.03. The van der Waals surface area contributed by atoms with Crippen molar-refractivity contribution in [2.45, 2.75) is 63.1 Å². The van der Waals surface area contributed by atoms with E-state index in [9.17, 15) is 0 Å². The molecule has 1 saturated carbocycles. The van der Waals surface area contributed by atoms with E-state index in [0.717, 1.165) is 19.0 Å². The van der Waals surface area contributed by atoms with Crippen LogP contribution >= 0.6 is 0 Å². The number of pyridine rings is 1. The van der Waals surface area contributed by atoms with Crippen LogP contribution in [0.3, 0.4) is 0 Å². The van der Waals surface area contributed by atoms with Gasteiger partial charge in [-0.2, -0.15) is 5.10 Å². The molecule has 3 heterocycles. The topological polar surface area (TPSA) is 52.0 Å². The Hall–Kier alpha value is -1.72. The lowest BCUT2D eigenvalue weighted by atomic mass is 9.78. The minimum absolute atomic E-state index is 0.199. The Balaban J connectivity index is 1.35. The first-order chi connectivity index (χ1) is 11.8. The summed E-state index contributed by atoms with van der Waals surface area (Å²) in [6.45, 7) is 1.79. The first-order valence-corrected chi connectivity index (χ1v) is 9.16. The van der Waals surface area contributed by atoms with Gasteiger partial charge < -0.3 is 10.1 Å². The normalized spacial score (nSPS) is 27.4. The Morgan fingerprint density at radius 3 is 2.83 bits per heavy atom. The van der Waals surface area contributed by atoms with E-state index in [1.54, 1.807) is 6.20 Å². The number of nitrogens with zero attached hydrogens (tertiary/aromatic N) is 3. The van der Waals surface area contributed by atoms with Crippen LogP contribution in [0.1, 0.15) is 50.5 Å². The average molecular weight is 326 g/mol. The maximum absolute atomic E-state index is 6.14. The Bertz CT molecular complexity index is 639. The molecule has 24 heavy (non-hydrogen) atoms. The number of rotatable bonds is 4. The third kappa shape index (κ3) is 3.37. The van der Waals surface area contributed by atoms with Crippen molar-refractivity contribution in [2.75, 3.05) is 6.61 Å². The third-order valence-corrected chi connectivity index (χ3v) is 5.50. The second kappa shape index (κ2) is 7.03. The van der Waals surface area contributed by atoms with Crippen molar-refractivity contribution in [1.29, 1.82) is 0 Å². The molecule has 4 rings (SSSR count). The fourth-order valence-corrected chi connectivity index (χ4v) is 4.08. The molecule has 1 spiro atoms. The van der Waals surface area contributed by atoms with Crippen LogP contribution < -0.4 is 5.32 Å². The highest BCUT2D eigenvalue weighted by Gasteiger charge is 2.37. The van der Waals surface area contributed by atoms with Gasteiger partial charge in [-0.25, -0.2) is 9.67 Å². The van der Waals surface area contributed by atoms with Crippen molar-refractivity contribution in [3.05, 3.63) is 42.4 Å². The van der Waals surface area contributed by atoms with E-state index in [0.29, 0.717) is 6.04 Å². The highest BCUT2D eigenvalue weighted by molar-refractivity contribution is 5.32. The molecule has 0 radical (unpaired) electrons. The molecule has 0 unspecified atom stereocenters. The second-order valence-electron chi connectivity index (χ2n) is 7.08. The lowest BCUT2D eigenvalue weighted by molar-refractivity contribution is -0.103. The zero-order chi connectivity index (χ0) is 16.2. The molecule has 2 fully saturated rings. The Kier molecular flexibility index (Phi) is 4.63. The first-order valence-electron chi connectivity index (χ1n) is 9.16. The van der Waals surface area contributed by atoms with Crippen LogP contribution in [-0.4, -0.2) is 33.0 Å². The van der Waals surface area contributed by atoms with Gasteiger partial charge in [-0.3, -0.25) is 0 Å². The fourth-order valence-electron chi connectivity index (χ4n) is 4.08. The Morgan fingerprint density at radius 1 is 1.17 bits per heavy atom. The molecule has 0 atom stereocenters. The molecular weight excluding hydrogens is 300 g/mol. The molecule has 1 saturated heterocycles. The molecule has 5 heteroatoms. The third-order valence-electron chi connectivity index (χ3n) is 5.50. The molecular formula is C19H26N4O. The van der Waals surface area contributed by atoms with E-state index >= 15 is 0 Å². The van der Waals surface area contributed by atoms with Crippen LogP contribution in [0.5, 0.6) is 0 Å². The molecule has 1 aliphatic heterocycles. The second-order valence-corrected chi connectivity index (χ2v) is 7.08. The number of hydrogen-bond donors (Lipinski definition) is 1. The Morgan fingerprint density at radius 2 is 2.08 bits per heavy atom. The van der Waals surface area contributed by atoms with Crippen LogP contribution in [-0.2, 0) is 11.3 Å². The number of aromatic nitrogens is 3. The maximum atomic E-state index is 6.14.